The third-order valence-corrected chi connectivity index (χ3v) is 5.98. The molecular weight excluding hydrogens is 298 g/mol. The first-order valence-electron chi connectivity index (χ1n) is 9.62. The van der Waals surface area contributed by atoms with Gasteiger partial charge in [-0.3, -0.25) is 5.10 Å². The molecule has 0 spiro atoms. The lowest BCUT2D eigenvalue weighted by molar-refractivity contribution is 0.138. The molecule has 2 fully saturated rings. The van der Waals surface area contributed by atoms with Gasteiger partial charge < -0.3 is 10.1 Å². The quantitative estimate of drug-likeness (QED) is 0.859. The number of nitrogens with zero attached hydrogens (tertiary/aromatic N) is 1. The van der Waals surface area contributed by atoms with Crippen molar-refractivity contribution in [3.05, 3.63) is 23.9 Å². The van der Waals surface area contributed by atoms with Crippen LogP contribution < -0.4 is 10.1 Å². The Kier molecular flexibility index (Phi) is 4.74. The summed E-state index contributed by atoms with van der Waals surface area (Å²) >= 11 is 0. The second kappa shape index (κ2) is 7.14. The number of aryl methyl sites for hydroxylation is 1. The summed E-state index contributed by atoms with van der Waals surface area (Å²) in [6.07, 6.45) is 12.8. The van der Waals surface area contributed by atoms with Crippen molar-refractivity contribution < 1.29 is 4.74 Å². The van der Waals surface area contributed by atoms with Crippen LogP contribution in [0.4, 0.5) is 0 Å². The number of aromatic nitrogens is 2. The zero-order valence-corrected chi connectivity index (χ0v) is 14.7. The van der Waals surface area contributed by atoms with Crippen molar-refractivity contribution in [1.29, 1.82) is 0 Å². The standard InChI is InChI=1S/C20H29N3O/c1-14-18-13-22-23-19(18)10-11-20(14)24-17-8-6-16(7-9-17)21-12-15-4-2-3-5-15/h10-11,13,15-17,21H,2-9,12H2,1H3,(H,22,23)/t16-,17+. The van der Waals surface area contributed by atoms with E-state index in [0.29, 0.717) is 12.1 Å². The number of nitrogens with one attached hydrogen (secondary N) is 2. The highest BCUT2D eigenvalue weighted by molar-refractivity contribution is 5.83. The molecule has 2 aliphatic carbocycles. The van der Waals surface area contributed by atoms with Crippen LogP contribution >= 0.6 is 0 Å². The molecule has 2 aliphatic rings. The van der Waals surface area contributed by atoms with Crippen LogP contribution in [0.15, 0.2) is 18.3 Å². The van der Waals surface area contributed by atoms with Crippen LogP contribution in [-0.2, 0) is 0 Å². The summed E-state index contributed by atoms with van der Waals surface area (Å²) in [5, 5.41) is 12.1. The van der Waals surface area contributed by atoms with E-state index < -0.39 is 0 Å². The average molecular weight is 327 g/mol. The summed E-state index contributed by atoms with van der Waals surface area (Å²) in [5.41, 5.74) is 2.28. The zero-order chi connectivity index (χ0) is 16.4. The van der Waals surface area contributed by atoms with Crippen molar-refractivity contribution in [3.8, 4) is 5.75 Å². The first kappa shape index (κ1) is 15.9. The molecule has 0 aliphatic heterocycles. The molecule has 4 rings (SSSR count). The fourth-order valence-electron chi connectivity index (χ4n) is 4.38. The lowest BCUT2D eigenvalue weighted by Gasteiger charge is -2.30. The predicted molar refractivity (Wildman–Crippen MR) is 97.5 cm³/mol. The molecule has 1 aromatic heterocycles. The topological polar surface area (TPSA) is 49.9 Å². The maximum atomic E-state index is 6.32. The van der Waals surface area contributed by atoms with E-state index >= 15 is 0 Å². The molecule has 0 atom stereocenters. The van der Waals surface area contributed by atoms with Crippen LogP contribution in [0.1, 0.15) is 56.9 Å². The minimum Gasteiger partial charge on any atom is -0.490 e. The first-order valence-corrected chi connectivity index (χ1v) is 9.62. The first-order chi connectivity index (χ1) is 11.8. The van der Waals surface area contributed by atoms with Crippen molar-refractivity contribution in [3.63, 3.8) is 0 Å². The van der Waals surface area contributed by atoms with E-state index in [-0.39, 0.29) is 0 Å². The molecule has 130 valence electrons. The number of hydrogen-bond donors (Lipinski definition) is 2. The van der Waals surface area contributed by atoms with Gasteiger partial charge in [-0.25, -0.2) is 0 Å². The van der Waals surface area contributed by atoms with E-state index in [1.165, 1.54) is 56.0 Å². The summed E-state index contributed by atoms with van der Waals surface area (Å²) in [6.45, 7) is 3.36. The van der Waals surface area contributed by atoms with Crippen molar-refractivity contribution >= 4 is 10.9 Å². The maximum Gasteiger partial charge on any atom is 0.123 e. The van der Waals surface area contributed by atoms with Gasteiger partial charge in [0.1, 0.15) is 5.75 Å². The summed E-state index contributed by atoms with van der Waals surface area (Å²) in [7, 11) is 0. The Morgan fingerprint density at radius 3 is 2.71 bits per heavy atom. The second-order valence-electron chi connectivity index (χ2n) is 7.67. The SMILES string of the molecule is Cc1c(O[C@H]2CC[C@@H](NCC3CCCC3)CC2)ccc2[nH]ncc12. The third-order valence-electron chi connectivity index (χ3n) is 5.98. The van der Waals surface area contributed by atoms with E-state index in [1.807, 2.05) is 6.20 Å². The summed E-state index contributed by atoms with van der Waals surface area (Å²) in [4.78, 5) is 0. The van der Waals surface area contributed by atoms with Crippen LogP contribution in [0.5, 0.6) is 5.75 Å². The van der Waals surface area contributed by atoms with E-state index in [4.69, 9.17) is 4.74 Å². The third kappa shape index (κ3) is 3.44. The van der Waals surface area contributed by atoms with Crippen LogP contribution in [0.2, 0.25) is 0 Å². The van der Waals surface area contributed by atoms with Gasteiger partial charge in [0.2, 0.25) is 0 Å². The van der Waals surface area contributed by atoms with Crippen LogP contribution in [0, 0.1) is 12.8 Å². The van der Waals surface area contributed by atoms with Gasteiger partial charge in [-0.15, -0.1) is 0 Å². The van der Waals surface area contributed by atoms with Crippen LogP contribution in [0.3, 0.4) is 0 Å². The Balaban J connectivity index is 1.28. The molecule has 1 aromatic carbocycles. The molecule has 2 saturated carbocycles. The highest BCUT2D eigenvalue weighted by Gasteiger charge is 2.24. The molecule has 2 aromatic rings. The van der Waals surface area contributed by atoms with Gasteiger partial charge in [-0.05, 0) is 70.0 Å². The highest BCUT2D eigenvalue weighted by atomic mass is 16.5. The minimum absolute atomic E-state index is 0.359. The predicted octanol–water partition coefficient (Wildman–Crippen LogP) is 4.34. The Morgan fingerprint density at radius 2 is 1.92 bits per heavy atom. The molecule has 0 bridgehead atoms. The van der Waals surface area contributed by atoms with E-state index in [1.54, 1.807) is 0 Å². The molecular formula is C20H29N3O. The van der Waals surface area contributed by atoms with Gasteiger partial charge in [0, 0.05) is 17.0 Å². The zero-order valence-electron chi connectivity index (χ0n) is 14.7. The molecule has 0 amide bonds. The minimum atomic E-state index is 0.359. The molecule has 1 heterocycles. The molecule has 4 heteroatoms. The Labute approximate surface area is 144 Å². The number of benzene rings is 1. The Bertz CT molecular complexity index is 667. The molecule has 0 radical (unpaired) electrons. The average Bonchev–Trinajstić information content (AvgIpc) is 3.28. The van der Waals surface area contributed by atoms with Crippen molar-refractivity contribution in [2.45, 2.75) is 70.4 Å². The van der Waals surface area contributed by atoms with E-state index in [2.05, 4.69) is 34.6 Å². The van der Waals surface area contributed by atoms with Crippen LogP contribution in [-0.4, -0.2) is 28.9 Å². The Morgan fingerprint density at radius 1 is 1.12 bits per heavy atom. The molecule has 0 unspecified atom stereocenters. The lowest BCUT2D eigenvalue weighted by atomic mass is 9.92. The number of fused-ring (bicyclic) bond motifs is 1. The number of rotatable bonds is 5. The second-order valence-corrected chi connectivity index (χ2v) is 7.67. The van der Waals surface area contributed by atoms with Crippen LogP contribution in [0.25, 0.3) is 10.9 Å². The normalized spacial score (nSPS) is 25.4. The number of ether oxygens (including phenoxy) is 1. The van der Waals surface area contributed by atoms with Crippen molar-refractivity contribution in [2.24, 2.45) is 5.92 Å². The van der Waals surface area contributed by atoms with Crippen molar-refractivity contribution in [2.75, 3.05) is 6.54 Å². The summed E-state index contributed by atoms with van der Waals surface area (Å²) < 4.78 is 6.32. The Hall–Kier alpha value is -1.55. The van der Waals surface area contributed by atoms with Gasteiger partial charge in [-0.2, -0.15) is 5.10 Å². The van der Waals surface area contributed by atoms with E-state index in [0.717, 1.165) is 30.0 Å². The van der Waals surface area contributed by atoms with Gasteiger partial charge in [0.15, 0.2) is 0 Å². The molecule has 4 nitrogen and oxygen atoms in total. The monoisotopic (exact) mass is 327 g/mol. The maximum absolute atomic E-state index is 6.32. The van der Waals surface area contributed by atoms with Crippen molar-refractivity contribution in [1.82, 2.24) is 15.5 Å². The van der Waals surface area contributed by atoms with Gasteiger partial charge >= 0.3 is 0 Å². The summed E-state index contributed by atoms with van der Waals surface area (Å²) in [6, 6.07) is 4.85. The molecule has 2 N–H and O–H groups in total. The fourth-order valence-corrected chi connectivity index (χ4v) is 4.38. The van der Waals surface area contributed by atoms with Gasteiger partial charge in [-0.1, -0.05) is 12.8 Å². The van der Waals surface area contributed by atoms with Gasteiger partial charge in [0.25, 0.3) is 0 Å². The fraction of sp³-hybridized carbons (Fsp3) is 0.650. The molecule has 0 saturated heterocycles. The summed E-state index contributed by atoms with van der Waals surface area (Å²) in [5.74, 6) is 1.95. The van der Waals surface area contributed by atoms with E-state index in [9.17, 15) is 0 Å². The smallest absolute Gasteiger partial charge is 0.123 e. The van der Waals surface area contributed by atoms with Gasteiger partial charge in [0.05, 0.1) is 17.8 Å². The lowest BCUT2D eigenvalue weighted by Crippen LogP contribution is -2.38. The largest absolute Gasteiger partial charge is 0.490 e. The highest BCUT2D eigenvalue weighted by Crippen LogP contribution is 2.30. The number of hydrogen-bond acceptors (Lipinski definition) is 3. The number of H-pyrrole nitrogens is 1. The number of aromatic amines is 1. The molecule has 24 heavy (non-hydrogen) atoms.